The van der Waals surface area contributed by atoms with Crippen molar-refractivity contribution in [3.05, 3.63) is 94.0 Å². The Morgan fingerprint density at radius 2 is 1.63 bits per heavy atom. The maximum absolute atomic E-state index is 13.8. The largest absolute Gasteiger partial charge is 0.497 e. The number of carbonyl (C=O) groups excluding carboxylic acids is 2. The predicted molar refractivity (Wildman–Crippen MR) is 154 cm³/mol. The molecule has 0 bridgehead atoms. The first-order chi connectivity index (χ1) is 18.2. The van der Waals surface area contributed by atoms with E-state index in [1.807, 2.05) is 86.6 Å². The zero-order chi connectivity index (χ0) is 27.7. The van der Waals surface area contributed by atoms with Crippen LogP contribution in [0.1, 0.15) is 50.3 Å². The summed E-state index contributed by atoms with van der Waals surface area (Å²) in [4.78, 5) is 28.8. The number of nitrogens with zero attached hydrogens (tertiary/aromatic N) is 1. The quantitative estimate of drug-likeness (QED) is 0.280. The minimum absolute atomic E-state index is 0.0683. The fourth-order valence-electron chi connectivity index (χ4n) is 4.12. The molecule has 1 atom stereocenters. The third-order valence-corrected chi connectivity index (χ3v) is 6.78. The Bertz CT molecular complexity index is 1210. The van der Waals surface area contributed by atoms with E-state index >= 15 is 0 Å². The van der Waals surface area contributed by atoms with Gasteiger partial charge in [-0.1, -0.05) is 62.4 Å². The number of nitrogens with one attached hydrogen (secondary N) is 1. The standard InChI is InChI=1S/C31H37BrN2O4/c1-21(2)25-14-15-29(27(32)18-25)38-20-30(35)34(19-24-12-9-13-26(16-24)37-5)28(31(36)33-22(3)4)17-23-10-7-6-8-11-23/h6-16,18,21-22,28H,17,19-20H2,1-5H3,(H,33,36)/t28-/m1/s1. The summed E-state index contributed by atoms with van der Waals surface area (Å²) in [6.45, 7) is 8.09. The third-order valence-electron chi connectivity index (χ3n) is 6.16. The molecule has 7 heteroatoms. The van der Waals surface area contributed by atoms with Gasteiger partial charge < -0.3 is 19.7 Å². The fourth-order valence-corrected chi connectivity index (χ4v) is 4.63. The van der Waals surface area contributed by atoms with Gasteiger partial charge in [-0.3, -0.25) is 9.59 Å². The van der Waals surface area contributed by atoms with Crippen LogP contribution in [-0.2, 0) is 22.6 Å². The Hall–Kier alpha value is -3.32. The number of hydrogen-bond donors (Lipinski definition) is 1. The summed E-state index contributed by atoms with van der Waals surface area (Å²) in [5.41, 5.74) is 2.99. The van der Waals surface area contributed by atoms with Crippen LogP contribution >= 0.6 is 15.9 Å². The normalized spacial score (nSPS) is 11.8. The molecule has 38 heavy (non-hydrogen) atoms. The smallest absolute Gasteiger partial charge is 0.261 e. The molecule has 0 saturated carbocycles. The van der Waals surface area contributed by atoms with Crippen molar-refractivity contribution in [3.8, 4) is 11.5 Å². The summed E-state index contributed by atoms with van der Waals surface area (Å²) in [5.74, 6) is 1.15. The van der Waals surface area contributed by atoms with E-state index in [2.05, 4.69) is 35.1 Å². The second kappa shape index (κ2) is 14.0. The van der Waals surface area contributed by atoms with E-state index in [9.17, 15) is 9.59 Å². The van der Waals surface area contributed by atoms with Gasteiger partial charge in [-0.05, 0) is 76.7 Å². The van der Waals surface area contributed by atoms with Gasteiger partial charge in [-0.2, -0.15) is 0 Å². The lowest BCUT2D eigenvalue weighted by Crippen LogP contribution is -2.52. The average molecular weight is 582 g/mol. The lowest BCUT2D eigenvalue weighted by molar-refractivity contribution is -0.143. The van der Waals surface area contributed by atoms with E-state index in [4.69, 9.17) is 9.47 Å². The van der Waals surface area contributed by atoms with Crippen molar-refractivity contribution in [1.82, 2.24) is 10.2 Å². The number of rotatable bonds is 12. The molecule has 0 fully saturated rings. The second-order valence-corrected chi connectivity index (χ2v) is 10.7. The number of hydrogen-bond acceptors (Lipinski definition) is 4. The van der Waals surface area contributed by atoms with Crippen LogP contribution in [0.5, 0.6) is 11.5 Å². The predicted octanol–water partition coefficient (Wildman–Crippen LogP) is 6.12. The molecule has 0 unspecified atom stereocenters. The molecule has 2 amide bonds. The molecule has 3 aromatic rings. The number of benzene rings is 3. The third kappa shape index (κ3) is 8.35. The van der Waals surface area contributed by atoms with E-state index in [-0.39, 0.29) is 31.0 Å². The molecule has 0 spiro atoms. The summed E-state index contributed by atoms with van der Waals surface area (Å²) in [7, 11) is 1.60. The zero-order valence-electron chi connectivity index (χ0n) is 22.7. The summed E-state index contributed by atoms with van der Waals surface area (Å²) >= 11 is 3.57. The monoisotopic (exact) mass is 580 g/mol. The van der Waals surface area contributed by atoms with Gasteiger partial charge in [-0.25, -0.2) is 0 Å². The second-order valence-electron chi connectivity index (χ2n) is 9.88. The van der Waals surface area contributed by atoms with Crippen LogP contribution in [0, 0.1) is 0 Å². The van der Waals surface area contributed by atoms with E-state index < -0.39 is 6.04 Å². The first-order valence-electron chi connectivity index (χ1n) is 12.9. The SMILES string of the molecule is COc1cccc(CN(C(=O)COc2ccc(C(C)C)cc2Br)[C@H](Cc2ccccc2)C(=O)NC(C)C)c1. The maximum Gasteiger partial charge on any atom is 0.261 e. The maximum atomic E-state index is 13.8. The highest BCUT2D eigenvalue weighted by molar-refractivity contribution is 9.10. The Labute approximate surface area is 234 Å². The van der Waals surface area contributed by atoms with Crippen molar-refractivity contribution >= 4 is 27.7 Å². The minimum atomic E-state index is -0.728. The topological polar surface area (TPSA) is 67.9 Å². The van der Waals surface area contributed by atoms with Gasteiger partial charge in [0.2, 0.25) is 5.91 Å². The minimum Gasteiger partial charge on any atom is -0.497 e. The number of amides is 2. The molecule has 3 rings (SSSR count). The highest BCUT2D eigenvalue weighted by Gasteiger charge is 2.31. The molecule has 1 N–H and O–H groups in total. The van der Waals surface area contributed by atoms with Crippen molar-refractivity contribution < 1.29 is 19.1 Å². The van der Waals surface area contributed by atoms with E-state index in [1.54, 1.807) is 12.0 Å². The first kappa shape index (κ1) is 29.2. The number of carbonyl (C=O) groups is 2. The number of halogens is 1. The van der Waals surface area contributed by atoms with Crippen LogP contribution in [0.4, 0.5) is 0 Å². The average Bonchev–Trinajstić information content (AvgIpc) is 2.90. The number of methoxy groups -OCH3 is 1. The Balaban J connectivity index is 1.92. The molecule has 0 aliphatic rings. The van der Waals surface area contributed by atoms with Crippen molar-refractivity contribution in [2.75, 3.05) is 13.7 Å². The molecule has 0 aromatic heterocycles. The Kier molecular flexibility index (Phi) is 10.8. The first-order valence-corrected chi connectivity index (χ1v) is 13.7. The fraction of sp³-hybridized carbons (Fsp3) is 0.355. The van der Waals surface area contributed by atoms with Crippen molar-refractivity contribution in [2.45, 2.75) is 58.7 Å². The molecule has 6 nitrogen and oxygen atoms in total. The van der Waals surface area contributed by atoms with Crippen LogP contribution in [-0.4, -0.2) is 42.5 Å². The van der Waals surface area contributed by atoms with Gasteiger partial charge in [0.25, 0.3) is 5.91 Å². The lowest BCUT2D eigenvalue weighted by atomic mass is 10.0. The highest BCUT2D eigenvalue weighted by atomic mass is 79.9. The summed E-state index contributed by atoms with van der Waals surface area (Å²) in [5, 5.41) is 3.00. The van der Waals surface area contributed by atoms with E-state index in [0.29, 0.717) is 23.8 Å². The van der Waals surface area contributed by atoms with Gasteiger partial charge in [0.15, 0.2) is 6.61 Å². The van der Waals surface area contributed by atoms with Gasteiger partial charge >= 0.3 is 0 Å². The Morgan fingerprint density at radius 1 is 0.921 bits per heavy atom. The summed E-state index contributed by atoms with van der Waals surface area (Å²) < 4.78 is 12.1. The highest BCUT2D eigenvalue weighted by Crippen LogP contribution is 2.29. The Morgan fingerprint density at radius 3 is 2.26 bits per heavy atom. The van der Waals surface area contributed by atoms with Gasteiger partial charge in [0, 0.05) is 19.0 Å². The molecule has 3 aromatic carbocycles. The van der Waals surface area contributed by atoms with Crippen LogP contribution in [0.2, 0.25) is 0 Å². The molecule has 0 heterocycles. The molecule has 0 radical (unpaired) electrons. The molecule has 0 saturated heterocycles. The van der Waals surface area contributed by atoms with Crippen molar-refractivity contribution in [2.24, 2.45) is 0 Å². The lowest BCUT2D eigenvalue weighted by Gasteiger charge is -2.32. The molecule has 202 valence electrons. The summed E-state index contributed by atoms with van der Waals surface area (Å²) in [6.07, 6.45) is 0.377. The zero-order valence-corrected chi connectivity index (χ0v) is 24.3. The van der Waals surface area contributed by atoms with Gasteiger partial charge in [0.1, 0.15) is 17.5 Å². The van der Waals surface area contributed by atoms with Gasteiger partial charge in [0.05, 0.1) is 11.6 Å². The molecule has 0 aliphatic heterocycles. The van der Waals surface area contributed by atoms with Crippen molar-refractivity contribution in [1.29, 1.82) is 0 Å². The molecular formula is C31H37BrN2O4. The van der Waals surface area contributed by atoms with Crippen LogP contribution in [0.25, 0.3) is 0 Å². The van der Waals surface area contributed by atoms with E-state index in [1.165, 1.54) is 5.56 Å². The van der Waals surface area contributed by atoms with Crippen LogP contribution < -0.4 is 14.8 Å². The molecular weight excluding hydrogens is 544 g/mol. The number of ether oxygens (including phenoxy) is 2. The van der Waals surface area contributed by atoms with Gasteiger partial charge in [-0.15, -0.1) is 0 Å². The van der Waals surface area contributed by atoms with E-state index in [0.717, 1.165) is 15.6 Å². The summed E-state index contributed by atoms with van der Waals surface area (Å²) in [6, 6.07) is 22.3. The van der Waals surface area contributed by atoms with Crippen LogP contribution in [0.3, 0.4) is 0 Å². The van der Waals surface area contributed by atoms with Crippen molar-refractivity contribution in [3.63, 3.8) is 0 Å². The molecule has 0 aliphatic carbocycles. The van der Waals surface area contributed by atoms with Crippen LogP contribution in [0.15, 0.2) is 77.3 Å².